The number of amides is 1. The van der Waals surface area contributed by atoms with E-state index in [4.69, 9.17) is 4.74 Å². The fraction of sp³-hybridized carbons (Fsp3) is 0.409. The Balaban J connectivity index is 1.64. The summed E-state index contributed by atoms with van der Waals surface area (Å²) in [6.07, 6.45) is 2.88. The molecule has 152 valence electrons. The molecular weight excluding hydrogens is 371 g/mol. The average Bonchev–Trinajstić information content (AvgIpc) is 3.06. The Morgan fingerprint density at radius 3 is 2.55 bits per heavy atom. The smallest absolute Gasteiger partial charge is 0.410 e. The molecule has 0 spiro atoms. The number of pyridine rings is 1. The first-order valence-electron chi connectivity index (χ1n) is 9.89. The maximum Gasteiger partial charge on any atom is 0.410 e. The molecular formula is C22H25FN4O2. The van der Waals surface area contributed by atoms with Crippen LogP contribution in [-0.2, 0) is 4.74 Å². The van der Waals surface area contributed by atoms with Crippen LogP contribution in [0.1, 0.15) is 39.7 Å². The molecule has 1 fully saturated rings. The van der Waals surface area contributed by atoms with E-state index >= 15 is 0 Å². The third-order valence-corrected chi connectivity index (χ3v) is 5.04. The summed E-state index contributed by atoms with van der Waals surface area (Å²) in [4.78, 5) is 23.3. The molecule has 0 radical (unpaired) electrons. The molecule has 4 rings (SSSR count). The van der Waals surface area contributed by atoms with E-state index in [-0.39, 0.29) is 18.0 Å². The van der Waals surface area contributed by atoms with Gasteiger partial charge in [0.05, 0.1) is 5.56 Å². The Hall–Kier alpha value is -2.96. The van der Waals surface area contributed by atoms with Crippen molar-refractivity contribution in [2.75, 3.05) is 13.1 Å². The maximum absolute atomic E-state index is 14.5. The van der Waals surface area contributed by atoms with Gasteiger partial charge < -0.3 is 14.2 Å². The molecule has 6 nitrogen and oxygen atoms in total. The topological polar surface area (TPSA) is 60.2 Å². The molecule has 0 saturated carbocycles. The van der Waals surface area contributed by atoms with Crippen LogP contribution in [0.2, 0.25) is 0 Å². The summed E-state index contributed by atoms with van der Waals surface area (Å²) in [5.74, 6) is 0.266. The summed E-state index contributed by atoms with van der Waals surface area (Å²) in [5.41, 5.74) is 1.41. The van der Waals surface area contributed by atoms with Gasteiger partial charge in [-0.2, -0.15) is 0 Å². The van der Waals surface area contributed by atoms with Gasteiger partial charge in [0.25, 0.3) is 0 Å². The lowest BCUT2D eigenvalue weighted by Crippen LogP contribution is -2.42. The van der Waals surface area contributed by atoms with E-state index in [1.54, 1.807) is 29.3 Å². The third-order valence-electron chi connectivity index (χ3n) is 5.04. The predicted molar refractivity (Wildman–Crippen MR) is 109 cm³/mol. The molecule has 0 unspecified atom stereocenters. The van der Waals surface area contributed by atoms with Crippen molar-refractivity contribution in [1.82, 2.24) is 19.4 Å². The number of benzene rings is 1. The van der Waals surface area contributed by atoms with Gasteiger partial charge in [-0.15, -0.1) is 0 Å². The second-order valence-electron chi connectivity index (χ2n) is 8.33. The van der Waals surface area contributed by atoms with E-state index in [9.17, 15) is 9.18 Å². The molecule has 2 aromatic heterocycles. The van der Waals surface area contributed by atoms with Gasteiger partial charge in [0.2, 0.25) is 0 Å². The zero-order valence-electron chi connectivity index (χ0n) is 16.9. The highest BCUT2D eigenvalue weighted by Crippen LogP contribution is 2.33. The van der Waals surface area contributed by atoms with Crippen LogP contribution in [0.4, 0.5) is 9.18 Å². The molecule has 1 aliphatic rings. The summed E-state index contributed by atoms with van der Waals surface area (Å²) in [5, 5.41) is 0. The first-order chi connectivity index (χ1) is 13.8. The second-order valence-corrected chi connectivity index (χ2v) is 8.33. The number of piperidine rings is 1. The van der Waals surface area contributed by atoms with Gasteiger partial charge in [-0.3, -0.25) is 0 Å². The summed E-state index contributed by atoms with van der Waals surface area (Å²) in [7, 11) is 0. The van der Waals surface area contributed by atoms with Crippen LogP contribution in [-0.4, -0.2) is 44.2 Å². The van der Waals surface area contributed by atoms with E-state index in [2.05, 4.69) is 9.97 Å². The molecule has 29 heavy (non-hydrogen) atoms. The standard InChI is InChI=1S/C22H25FN4O2/c1-22(2,3)29-21(28)26-13-10-15(11-14-26)27-19(16-7-4-5-8-17(16)23)25-18-9-6-12-24-20(18)27/h4-9,12,15H,10-11,13-14H2,1-3H3. The maximum atomic E-state index is 14.5. The Bertz CT molecular complexity index is 1030. The summed E-state index contributed by atoms with van der Waals surface area (Å²) in [6.45, 7) is 6.73. The van der Waals surface area contributed by atoms with Gasteiger partial charge in [-0.05, 0) is 57.9 Å². The van der Waals surface area contributed by atoms with Crippen molar-refractivity contribution in [3.63, 3.8) is 0 Å². The quantitative estimate of drug-likeness (QED) is 0.624. The second kappa shape index (κ2) is 7.46. The molecule has 3 heterocycles. The summed E-state index contributed by atoms with van der Waals surface area (Å²) >= 11 is 0. The lowest BCUT2D eigenvalue weighted by Gasteiger charge is -2.34. The van der Waals surface area contributed by atoms with Crippen LogP contribution in [0.3, 0.4) is 0 Å². The molecule has 0 N–H and O–H groups in total. The van der Waals surface area contributed by atoms with E-state index in [0.717, 1.165) is 24.0 Å². The van der Waals surface area contributed by atoms with Crippen molar-refractivity contribution in [3.05, 3.63) is 48.4 Å². The van der Waals surface area contributed by atoms with Crippen molar-refractivity contribution >= 4 is 17.3 Å². The van der Waals surface area contributed by atoms with Crippen molar-refractivity contribution < 1.29 is 13.9 Å². The molecule has 7 heteroatoms. The highest BCUT2D eigenvalue weighted by Gasteiger charge is 2.30. The number of likely N-dealkylation sites (tertiary alicyclic amines) is 1. The number of ether oxygens (including phenoxy) is 1. The number of aromatic nitrogens is 3. The van der Waals surface area contributed by atoms with Gasteiger partial charge >= 0.3 is 6.09 Å². The fourth-order valence-corrected chi connectivity index (χ4v) is 3.74. The molecule has 0 aliphatic carbocycles. The zero-order valence-corrected chi connectivity index (χ0v) is 16.9. The summed E-state index contributed by atoms with van der Waals surface area (Å²) in [6, 6.07) is 10.4. The minimum Gasteiger partial charge on any atom is -0.444 e. The van der Waals surface area contributed by atoms with E-state index in [0.29, 0.717) is 24.5 Å². The number of fused-ring (bicyclic) bond motifs is 1. The fourth-order valence-electron chi connectivity index (χ4n) is 3.74. The van der Waals surface area contributed by atoms with E-state index in [1.165, 1.54) is 6.07 Å². The first kappa shape index (κ1) is 19.4. The molecule has 0 bridgehead atoms. The molecule has 0 atom stereocenters. The minimum absolute atomic E-state index is 0.0724. The Morgan fingerprint density at radius 2 is 1.86 bits per heavy atom. The van der Waals surface area contributed by atoms with E-state index in [1.807, 2.05) is 37.5 Å². The average molecular weight is 396 g/mol. The van der Waals surface area contributed by atoms with Crippen LogP contribution < -0.4 is 0 Å². The van der Waals surface area contributed by atoms with Crippen molar-refractivity contribution in [1.29, 1.82) is 0 Å². The van der Waals surface area contributed by atoms with Crippen molar-refractivity contribution in [2.24, 2.45) is 0 Å². The van der Waals surface area contributed by atoms with Crippen LogP contribution >= 0.6 is 0 Å². The summed E-state index contributed by atoms with van der Waals surface area (Å²) < 4.78 is 22.0. The first-order valence-corrected chi connectivity index (χ1v) is 9.89. The van der Waals surface area contributed by atoms with Crippen LogP contribution in [0.15, 0.2) is 42.6 Å². The van der Waals surface area contributed by atoms with Crippen molar-refractivity contribution in [3.8, 4) is 11.4 Å². The van der Waals surface area contributed by atoms with Gasteiger partial charge in [0.1, 0.15) is 22.8 Å². The highest BCUT2D eigenvalue weighted by atomic mass is 19.1. The number of imidazole rings is 1. The highest BCUT2D eigenvalue weighted by molar-refractivity contribution is 5.77. The lowest BCUT2D eigenvalue weighted by atomic mass is 10.0. The number of carbonyl (C=O) groups is 1. The zero-order chi connectivity index (χ0) is 20.6. The van der Waals surface area contributed by atoms with Crippen LogP contribution in [0.25, 0.3) is 22.6 Å². The van der Waals surface area contributed by atoms with Gasteiger partial charge in [0.15, 0.2) is 5.65 Å². The molecule has 1 aliphatic heterocycles. The monoisotopic (exact) mass is 396 g/mol. The Morgan fingerprint density at radius 1 is 1.14 bits per heavy atom. The molecule has 1 saturated heterocycles. The predicted octanol–water partition coefficient (Wildman–Crippen LogP) is 4.81. The van der Waals surface area contributed by atoms with Crippen molar-refractivity contribution in [2.45, 2.75) is 45.3 Å². The number of hydrogen-bond acceptors (Lipinski definition) is 4. The van der Waals surface area contributed by atoms with Gasteiger partial charge in [-0.25, -0.2) is 19.2 Å². The molecule has 1 aromatic carbocycles. The lowest BCUT2D eigenvalue weighted by molar-refractivity contribution is 0.0190. The minimum atomic E-state index is -0.517. The van der Waals surface area contributed by atoms with E-state index < -0.39 is 5.60 Å². The van der Waals surface area contributed by atoms with Gasteiger partial charge in [0, 0.05) is 25.3 Å². The van der Waals surface area contributed by atoms with Crippen LogP contribution in [0.5, 0.6) is 0 Å². The Labute approximate surface area is 169 Å². The molecule has 3 aromatic rings. The normalized spacial score (nSPS) is 15.7. The van der Waals surface area contributed by atoms with Gasteiger partial charge in [-0.1, -0.05) is 12.1 Å². The Kier molecular flexibility index (Phi) is 4.98. The third kappa shape index (κ3) is 3.95. The van der Waals surface area contributed by atoms with Crippen LogP contribution in [0, 0.1) is 5.82 Å². The largest absolute Gasteiger partial charge is 0.444 e. The number of carbonyl (C=O) groups excluding carboxylic acids is 1. The number of nitrogens with zero attached hydrogens (tertiary/aromatic N) is 4. The molecule has 1 amide bonds. The number of halogens is 1. The number of rotatable bonds is 2. The SMILES string of the molecule is CC(C)(C)OC(=O)N1CCC(n2c(-c3ccccc3F)nc3cccnc32)CC1. The number of hydrogen-bond donors (Lipinski definition) is 0.